The molecule has 21 heteroatoms. The van der Waals surface area contributed by atoms with E-state index in [9.17, 15) is 19.2 Å². The number of halogens is 3. The molecule has 3 aliphatic heterocycles. The van der Waals surface area contributed by atoms with E-state index >= 15 is 0 Å². The molecule has 4 aliphatic rings. The molecular formula is C73H65Cl3N2O16. The number of nitrogens with zero attached hydrogens (tertiary/aromatic N) is 1. The van der Waals surface area contributed by atoms with Crippen LogP contribution >= 0.6 is 34.8 Å². The maximum Gasteiger partial charge on any atom is 0.508 e. The monoisotopic (exact) mass is 1330 g/mol. The topological polar surface area (TPSA) is 206 Å². The van der Waals surface area contributed by atoms with Gasteiger partial charge in [-0.05, 0) is 68.8 Å². The molecule has 484 valence electrons. The highest BCUT2D eigenvalue weighted by molar-refractivity contribution is 6.76. The minimum absolute atomic E-state index is 0.0435. The fraction of sp³-hybridized carbons (Fsp3) is 0.274. The molecule has 0 radical (unpaired) electrons. The molecule has 8 aromatic rings. The molecule has 1 N–H and O–H groups in total. The molecule has 0 spiro atoms. The maximum absolute atomic E-state index is 15.0. The van der Waals surface area contributed by atoms with Gasteiger partial charge in [0.2, 0.25) is 12.2 Å². The van der Waals surface area contributed by atoms with E-state index in [-0.39, 0.29) is 56.7 Å². The predicted molar refractivity (Wildman–Crippen MR) is 346 cm³/mol. The number of fused-ring (bicyclic) bond motifs is 4. The van der Waals surface area contributed by atoms with Crippen molar-refractivity contribution >= 4 is 64.6 Å². The number of amides is 2. The minimum Gasteiger partial charge on any atom is -0.482 e. The second kappa shape index (κ2) is 30.7. The summed E-state index contributed by atoms with van der Waals surface area (Å²) in [4.78, 5) is 59.8. The van der Waals surface area contributed by atoms with Crippen LogP contribution in [0.2, 0.25) is 0 Å². The lowest BCUT2D eigenvalue weighted by molar-refractivity contribution is -0.360. The van der Waals surface area contributed by atoms with Crippen molar-refractivity contribution in [2.24, 2.45) is 0 Å². The Kier molecular flexibility index (Phi) is 21.4. The molecule has 0 unspecified atom stereocenters. The number of rotatable bonds is 25. The molecule has 94 heavy (non-hydrogen) atoms. The van der Waals surface area contributed by atoms with E-state index in [1.165, 1.54) is 12.1 Å². The van der Waals surface area contributed by atoms with Crippen LogP contribution in [0.3, 0.4) is 0 Å². The fourth-order valence-electron chi connectivity index (χ4n) is 12.0. The number of carbonyl (C=O) groups is 4. The number of imide groups is 1. The lowest BCUT2D eigenvalue weighted by atomic mass is 9.93. The summed E-state index contributed by atoms with van der Waals surface area (Å²) < 4.78 is 77.0. The lowest BCUT2D eigenvalue weighted by Gasteiger charge is -2.51. The molecule has 2 fully saturated rings. The van der Waals surface area contributed by atoms with Crippen molar-refractivity contribution < 1.29 is 76.0 Å². The Balaban J connectivity index is 0.959. The van der Waals surface area contributed by atoms with Crippen LogP contribution < -0.4 is 4.74 Å². The van der Waals surface area contributed by atoms with Crippen LogP contribution in [0.25, 0.3) is 11.1 Å². The molecular weight excluding hydrogens is 1270 g/mol. The number of carbonyl (C=O) groups excluding carboxylic acids is 4. The quantitative estimate of drug-likeness (QED) is 0.0186. The van der Waals surface area contributed by atoms with Crippen molar-refractivity contribution in [1.29, 1.82) is 5.41 Å². The summed E-state index contributed by atoms with van der Waals surface area (Å²) in [6.45, 7) is -1.89. The van der Waals surface area contributed by atoms with E-state index in [0.29, 0.717) is 16.9 Å². The number of benzene rings is 8. The van der Waals surface area contributed by atoms with Crippen LogP contribution in [0.15, 0.2) is 224 Å². The van der Waals surface area contributed by atoms with Gasteiger partial charge in [0.1, 0.15) is 61.6 Å². The Labute approximate surface area is 557 Å². The predicted octanol–water partition coefficient (Wildman–Crippen LogP) is 12.8. The van der Waals surface area contributed by atoms with Crippen LogP contribution in [0, 0.1) is 5.41 Å². The molecule has 10 atom stereocenters. The van der Waals surface area contributed by atoms with Gasteiger partial charge >= 0.3 is 12.1 Å². The third-order valence-corrected chi connectivity index (χ3v) is 16.9. The Morgan fingerprint density at radius 3 is 1.43 bits per heavy atom. The number of ether oxygens (including phenoxy) is 12. The van der Waals surface area contributed by atoms with Gasteiger partial charge in [0.25, 0.3) is 15.6 Å². The average Bonchev–Trinajstić information content (AvgIpc) is 1.43. The molecule has 18 nitrogen and oxygen atoms in total. The average molecular weight is 1330 g/mol. The summed E-state index contributed by atoms with van der Waals surface area (Å²) >= 11 is 19.0. The second-order valence-electron chi connectivity index (χ2n) is 22.6. The Morgan fingerprint density at radius 2 is 0.894 bits per heavy atom. The summed E-state index contributed by atoms with van der Waals surface area (Å²) in [6, 6.07) is 65.9. The van der Waals surface area contributed by atoms with Crippen LogP contribution in [-0.2, 0) is 83.3 Å². The number of nitrogens with one attached hydrogen (secondary N) is 1. The second-order valence-corrected chi connectivity index (χ2v) is 24.9. The van der Waals surface area contributed by atoms with Crippen molar-refractivity contribution in [2.75, 3.05) is 26.4 Å². The first-order valence-corrected chi connectivity index (χ1v) is 31.7. The number of para-hydroxylation sites is 1. The van der Waals surface area contributed by atoms with Gasteiger partial charge < -0.3 is 56.8 Å². The van der Waals surface area contributed by atoms with Crippen molar-refractivity contribution in [2.45, 2.75) is 97.5 Å². The highest BCUT2D eigenvalue weighted by Gasteiger charge is 2.59. The van der Waals surface area contributed by atoms with Gasteiger partial charge in [-0.3, -0.25) is 19.9 Å². The van der Waals surface area contributed by atoms with Gasteiger partial charge in [-0.25, -0.2) is 9.59 Å². The van der Waals surface area contributed by atoms with E-state index < -0.39 is 108 Å². The van der Waals surface area contributed by atoms with E-state index in [4.69, 9.17) is 97.1 Å². The molecule has 2 amide bonds. The Bertz CT molecular complexity index is 3790. The minimum atomic E-state index is -2.48. The molecule has 12 rings (SSSR count). The SMILES string of the molecule is N=C(O[C@@H]1O[C@H](COCc2ccccc2)[C@@H](O[C@@H]2O[C@H](COC(=O)OCC3c4ccccc4-c4ccccc43)[C@@H](OCc3ccccc3)[C@H](OC(=O)COc3ccccc3)[C@@H]2OCc2ccccc2)[C@H](OCc2ccccc2)[C@H]1N1C(=O)c2ccccc2C1=O)C(Cl)(Cl)Cl. The van der Waals surface area contributed by atoms with E-state index in [1.54, 1.807) is 42.5 Å². The standard InChI is InChI=1S/C73H65Cl3N2O16/c74-73(75,76)71(77)94-69-61(78-67(80)55-36-20-21-37-56(55)68(78)81)64(86-40-48-26-10-3-11-27-48)63(58(90-69)43-83-38-46-22-6-1-7-23-46)93-70-66(87-41-49-28-12-4-13-29-49)65(92-60(79)45-84-50-30-14-5-15-31-50)62(85-39-47-24-8-2-9-25-47)59(91-70)44-89-72(82)88-42-57-53-34-18-16-32-51(53)52-33-17-19-35-54(52)57/h1-37,57-59,61-66,69-70,77H,38-45H2/t58-,59-,61-,62-,63-,64-,65+,66+,69+,70+/m1/s1. The van der Waals surface area contributed by atoms with Gasteiger partial charge in [-0.2, -0.15) is 0 Å². The van der Waals surface area contributed by atoms with Crippen LogP contribution in [0.4, 0.5) is 4.79 Å². The fourth-order valence-corrected chi connectivity index (χ4v) is 12.1. The van der Waals surface area contributed by atoms with Crippen molar-refractivity contribution in [3.63, 3.8) is 0 Å². The summed E-state index contributed by atoms with van der Waals surface area (Å²) in [5.41, 5.74) is 7.00. The molecule has 3 heterocycles. The van der Waals surface area contributed by atoms with Crippen molar-refractivity contribution in [1.82, 2.24) is 4.90 Å². The Hall–Kier alpha value is -8.50. The molecule has 0 bridgehead atoms. The van der Waals surface area contributed by atoms with Gasteiger partial charge in [0, 0.05) is 5.92 Å². The molecule has 0 saturated carbocycles. The third-order valence-electron chi connectivity index (χ3n) is 16.4. The van der Waals surface area contributed by atoms with Crippen LogP contribution in [0.1, 0.15) is 60.0 Å². The first kappa shape index (κ1) is 65.6. The van der Waals surface area contributed by atoms with E-state index in [1.807, 2.05) is 170 Å². The van der Waals surface area contributed by atoms with Crippen molar-refractivity contribution in [3.8, 4) is 16.9 Å². The smallest absolute Gasteiger partial charge is 0.482 e. The first-order chi connectivity index (χ1) is 45.8. The normalized spacial score (nSPS) is 22.4. The van der Waals surface area contributed by atoms with Gasteiger partial charge in [-0.15, -0.1) is 0 Å². The van der Waals surface area contributed by atoms with Gasteiger partial charge in [0.05, 0.1) is 44.2 Å². The van der Waals surface area contributed by atoms with Crippen LogP contribution in [-0.4, -0.2) is 126 Å². The third kappa shape index (κ3) is 15.7. The number of hydrogen-bond acceptors (Lipinski definition) is 17. The first-order valence-electron chi connectivity index (χ1n) is 30.5. The van der Waals surface area contributed by atoms with Crippen LogP contribution in [0.5, 0.6) is 5.75 Å². The summed E-state index contributed by atoms with van der Waals surface area (Å²) in [5, 5.41) is 8.94. The number of esters is 1. The highest BCUT2D eigenvalue weighted by atomic mass is 35.6. The molecule has 2 saturated heterocycles. The zero-order valence-electron chi connectivity index (χ0n) is 50.5. The highest BCUT2D eigenvalue weighted by Crippen LogP contribution is 2.45. The maximum atomic E-state index is 15.0. The number of alkyl halides is 3. The zero-order chi connectivity index (χ0) is 65.0. The lowest BCUT2D eigenvalue weighted by Crippen LogP contribution is -2.69. The van der Waals surface area contributed by atoms with E-state index in [2.05, 4.69) is 0 Å². The number of hydrogen-bond donors (Lipinski definition) is 1. The van der Waals surface area contributed by atoms with Gasteiger partial charge in [-0.1, -0.05) is 235 Å². The summed E-state index contributed by atoms with van der Waals surface area (Å²) in [7, 11) is 0. The summed E-state index contributed by atoms with van der Waals surface area (Å²) in [5.74, 6) is -3.22. The van der Waals surface area contributed by atoms with Gasteiger partial charge in [0.15, 0.2) is 19.0 Å². The molecule has 8 aromatic carbocycles. The van der Waals surface area contributed by atoms with E-state index in [0.717, 1.165) is 38.3 Å². The zero-order valence-corrected chi connectivity index (χ0v) is 52.8. The Morgan fingerprint density at radius 1 is 0.457 bits per heavy atom. The largest absolute Gasteiger partial charge is 0.508 e. The summed E-state index contributed by atoms with van der Waals surface area (Å²) in [6.07, 6.45) is -14.7. The van der Waals surface area contributed by atoms with Crippen molar-refractivity contribution in [3.05, 3.63) is 269 Å². The molecule has 0 aromatic heterocycles. The molecule has 1 aliphatic carbocycles.